The van der Waals surface area contributed by atoms with Crippen molar-refractivity contribution in [3.8, 4) is 5.75 Å². The molecule has 0 amide bonds. The van der Waals surface area contributed by atoms with Crippen LogP contribution < -0.4 is 5.32 Å². The maximum atomic E-state index is 10.7. The van der Waals surface area contributed by atoms with E-state index in [1.165, 1.54) is 18.4 Å². The first kappa shape index (κ1) is 14.4. The molecule has 0 aromatic heterocycles. The zero-order chi connectivity index (χ0) is 14.0. The summed E-state index contributed by atoms with van der Waals surface area (Å²) in [7, 11) is 0. The van der Waals surface area contributed by atoms with Crippen LogP contribution in [0, 0.1) is 0 Å². The highest BCUT2D eigenvalue weighted by Gasteiger charge is 2.25. The Morgan fingerprint density at radius 3 is 2.53 bits per heavy atom. The van der Waals surface area contributed by atoms with E-state index in [2.05, 4.69) is 45.1 Å². The van der Waals surface area contributed by atoms with Gasteiger partial charge in [-0.1, -0.05) is 46.2 Å². The molecular formula is C17H27NO. The topological polar surface area (TPSA) is 32.3 Å². The molecule has 1 aliphatic rings. The van der Waals surface area contributed by atoms with Crippen LogP contribution >= 0.6 is 0 Å². The highest BCUT2D eigenvalue weighted by Crippen LogP contribution is 2.39. The second-order valence-corrected chi connectivity index (χ2v) is 6.69. The molecule has 0 saturated carbocycles. The van der Waals surface area contributed by atoms with Crippen molar-refractivity contribution in [1.29, 1.82) is 0 Å². The molecule has 1 atom stereocenters. The Balaban J connectivity index is 2.47. The minimum Gasteiger partial charge on any atom is -0.507 e. The third kappa shape index (κ3) is 3.11. The summed E-state index contributed by atoms with van der Waals surface area (Å²) in [5.74, 6) is 0.504. The van der Waals surface area contributed by atoms with Crippen molar-refractivity contribution in [3.63, 3.8) is 0 Å². The second-order valence-electron chi connectivity index (χ2n) is 6.69. The lowest BCUT2D eigenvalue weighted by Gasteiger charge is -2.29. The maximum absolute atomic E-state index is 10.7. The summed E-state index contributed by atoms with van der Waals surface area (Å²) in [6.45, 7) is 9.74. The molecule has 1 unspecified atom stereocenters. The van der Waals surface area contributed by atoms with Gasteiger partial charge in [0.05, 0.1) is 0 Å². The summed E-state index contributed by atoms with van der Waals surface area (Å²) >= 11 is 0. The molecule has 2 rings (SSSR count). The molecular weight excluding hydrogens is 234 g/mol. The van der Waals surface area contributed by atoms with Crippen molar-refractivity contribution >= 4 is 0 Å². The first-order valence-corrected chi connectivity index (χ1v) is 7.53. The largest absolute Gasteiger partial charge is 0.507 e. The van der Waals surface area contributed by atoms with Gasteiger partial charge in [-0.3, -0.25) is 0 Å². The van der Waals surface area contributed by atoms with Gasteiger partial charge in [-0.2, -0.15) is 0 Å². The molecule has 0 aliphatic carbocycles. The first-order chi connectivity index (χ1) is 8.93. The summed E-state index contributed by atoms with van der Waals surface area (Å²) < 4.78 is 0. The van der Waals surface area contributed by atoms with Crippen LogP contribution in [0.3, 0.4) is 0 Å². The lowest BCUT2D eigenvalue weighted by Crippen LogP contribution is -2.27. The van der Waals surface area contributed by atoms with Gasteiger partial charge in [0.15, 0.2) is 0 Å². The number of phenols is 1. The fourth-order valence-electron chi connectivity index (χ4n) is 2.88. The Kier molecular flexibility index (Phi) is 4.19. The standard InChI is InChI=1S/C17H27NO/c1-5-12-10-13(15-8-6-7-9-18-15)16(19)14(11-12)17(2,3)4/h10-11,15,18-19H,5-9H2,1-4H3. The number of rotatable bonds is 2. The predicted molar refractivity (Wildman–Crippen MR) is 80.8 cm³/mol. The molecule has 106 valence electrons. The van der Waals surface area contributed by atoms with Crippen LogP contribution in [0.5, 0.6) is 5.75 Å². The molecule has 1 aromatic carbocycles. The number of benzene rings is 1. The van der Waals surface area contributed by atoms with Crippen LogP contribution in [0.4, 0.5) is 0 Å². The van der Waals surface area contributed by atoms with Crippen LogP contribution in [0.25, 0.3) is 0 Å². The summed E-state index contributed by atoms with van der Waals surface area (Å²) in [4.78, 5) is 0. The van der Waals surface area contributed by atoms with Gasteiger partial charge >= 0.3 is 0 Å². The Morgan fingerprint density at radius 2 is 2.00 bits per heavy atom. The van der Waals surface area contributed by atoms with E-state index in [9.17, 15) is 5.11 Å². The van der Waals surface area contributed by atoms with Crippen LogP contribution in [-0.4, -0.2) is 11.7 Å². The van der Waals surface area contributed by atoms with E-state index < -0.39 is 0 Å². The molecule has 1 saturated heterocycles. The first-order valence-electron chi connectivity index (χ1n) is 7.53. The molecule has 1 aromatic rings. The van der Waals surface area contributed by atoms with E-state index in [0.717, 1.165) is 30.5 Å². The molecule has 1 aliphatic heterocycles. The van der Waals surface area contributed by atoms with E-state index in [-0.39, 0.29) is 5.41 Å². The molecule has 2 N–H and O–H groups in total. The lowest BCUT2D eigenvalue weighted by molar-refractivity contribution is 0.383. The van der Waals surface area contributed by atoms with E-state index in [4.69, 9.17) is 0 Å². The number of hydrogen-bond donors (Lipinski definition) is 2. The van der Waals surface area contributed by atoms with Crippen molar-refractivity contribution in [2.75, 3.05) is 6.54 Å². The van der Waals surface area contributed by atoms with E-state index in [1.807, 2.05) is 0 Å². The number of aromatic hydroxyl groups is 1. The van der Waals surface area contributed by atoms with Crippen LogP contribution in [0.1, 0.15) is 69.7 Å². The van der Waals surface area contributed by atoms with Crippen molar-refractivity contribution < 1.29 is 5.11 Å². The van der Waals surface area contributed by atoms with Gasteiger partial charge < -0.3 is 10.4 Å². The molecule has 0 spiro atoms. The quantitative estimate of drug-likeness (QED) is 0.841. The molecule has 19 heavy (non-hydrogen) atoms. The number of phenolic OH excluding ortho intramolecular Hbond substituents is 1. The van der Waals surface area contributed by atoms with Gasteiger partial charge in [-0.15, -0.1) is 0 Å². The minimum atomic E-state index is -0.0152. The Bertz CT molecular complexity index is 439. The summed E-state index contributed by atoms with van der Waals surface area (Å²) in [6.07, 6.45) is 4.64. The Hall–Kier alpha value is -1.02. The summed E-state index contributed by atoms with van der Waals surface area (Å²) in [6, 6.07) is 4.68. The second kappa shape index (κ2) is 5.54. The lowest BCUT2D eigenvalue weighted by atomic mass is 9.82. The molecule has 1 fully saturated rings. The highest BCUT2D eigenvalue weighted by atomic mass is 16.3. The Morgan fingerprint density at radius 1 is 1.26 bits per heavy atom. The fraction of sp³-hybridized carbons (Fsp3) is 0.647. The van der Waals surface area contributed by atoms with Gasteiger partial charge in [-0.25, -0.2) is 0 Å². The number of hydrogen-bond acceptors (Lipinski definition) is 2. The molecule has 2 nitrogen and oxygen atoms in total. The van der Waals surface area contributed by atoms with Gasteiger partial charge in [0.1, 0.15) is 5.75 Å². The third-order valence-corrected chi connectivity index (χ3v) is 4.10. The zero-order valence-electron chi connectivity index (χ0n) is 12.7. The number of piperidine rings is 1. The third-order valence-electron chi connectivity index (χ3n) is 4.10. The van der Waals surface area contributed by atoms with Gasteiger partial charge in [0.25, 0.3) is 0 Å². The van der Waals surface area contributed by atoms with Crippen LogP contribution in [0.2, 0.25) is 0 Å². The van der Waals surface area contributed by atoms with Crippen molar-refractivity contribution in [3.05, 3.63) is 28.8 Å². The predicted octanol–water partition coefficient (Wildman–Crippen LogP) is 4.07. The normalized spacial score (nSPS) is 20.5. The number of nitrogens with one attached hydrogen (secondary N) is 1. The molecule has 0 radical (unpaired) electrons. The summed E-state index contributed by atoms with van der Waals surface area (Å²) in [5, 5.41) is 14.2. The zero-order valence-corrected chi connectivity index (χ0v) is 12.7. The monoisotopic (exact) mass is 261 g/mol. The molecule has 0 bridgehead atoms. The highest BCUT2D eigenvalue weighted by molar-refractivity contribution is 5.48. The fourth-order valence-corrected chi connectivity index (χ4v) is 2.88. The maximum Gasteiger partial charge on any atom is 0.124 e. The van der Waals surface area contributed by atoms with Gasteiger partial charge in [0, 0.05) is 11.6 Å². The Labute approximate surface area is 117 Å². The van der Waals surface area contributed by atoms with Gasteiger partial charge in [0.2, 0.25) is 0 Å². The minimum absolute atomic E-state index is 0.0152. The van der Waals surface area contributed by atoms with Crippen molar-refractivity contribution in [1.82, 2.24) is 5.32 Å². The van der Waals surface area contributed by atoms with Crippen molar-refractivity contribution in [2.45, 2.75) is 64.8 Å². The average Bonchev–Trinajstić information content (AvgIpc) is 2.38. The van der Waals surface area contributed by atoms with Crippen LogP contribution in [0.15, 0.2) is 12.1 Å². The SMILES string of the molecule is CCc1cc(C2CCCCN2)c(O)c(C(C)(C)C)c1. The number of aryl methyl sites for hydroxylation is 1. The van der Waals surface area contributed by atoms with Crippen LogP contribution in [-0.2, 0) is 11.8 Å². The molecule has 1 heterocycles. The van der Waals surface area contributed by atoms with E-state index in [1.54, 1.807) is 0 Å². The summed E-state index contributed by atoms with van der Waals surface area (Å²) in [5.41, 5.74) is 3.49. The van der Waals surface area contributed by atoms with E-state index >= 15 is 0 Å². The van der Waals surface area contributed by atoms with Crippen molar-refractivity contribution in [2.24, 2.45) is 0 Å². The van der Waals surface area contributed by atoms with E-state index in [0.29, 0.717) is 11.8 Å². The van der Waals surface area contributed by atoms with Gasteiger partial charge in [-0.05, 0) is 42.3 Å². The smallest absolute Gasteiger partial charge is 0.124 e. The average molecular weight is 261 g/mol. The molecule has 2 heteroatoms.